The molecule has 0 aliphatic heterocycles. The SMILES string of the molecule is CC(=O)N(C)c1ccccc1C(=O)NCC(O)C(F)F. The van der Waals surface area contributed by atoms with Gasteiger partial charge in [-0.05, 0) is 12.1 Å². The van der Waals surface area contributed by atoms with Crippen molar-refractivity contribution in [1.82, 2.24) is 5.32 Å². The first-order valence-electron chi connectivity index (χ1n) is 5.92. The largest absolute Gasteiger partial charge is 0.385 e. The van der Waals surface area contributed by atoms with Gasteiger partial charge in [-0.15, -0.1) is 0 Å². The Labute approximate surface area is 115 Å². The average molecular weight is 286 g/mol. The first kappa shape index (κ1) is 16.0. The van der Waals surface area contributed by atoms with Crippen LogP contribution in [0.4, 0.5) is 14.5 Å². The van der Waals surface area contributed by atoms with Gasteiger partial charge < -0.3 is 15.3 Å². The van der Waals surface area contributed by atoms with Crippen molar-refractivity contribution in [3.63, 3.8) is 0 Å². The minimum atomic E-state index is -2.93. The highest BCUT2D eigenvalue weighted by Gasteiger charge is 2.20. The number of alkyl halides is 2. The Bertz CT molecular complexity index is 494. The summed E-state index contributed by atoms with van der Waals surface area (Å²) in [6.07, 6.45) is -4.85. The summed E-state index contributed by atoms with van der Waals surface area (Å²) in [6.45, 7) is 0.782. The van der Waals surface area contributed by atoms with E-state index in [1.807, 2.05) is 0 Å². The van der Waals surface area contributed by atoms with Gasteiger partial charge in [0.25, 0.3) is 12.3 Å². The maximum atomic E-state index is 12.1. The molecule has 0 radical (unpaired) electrons. The number of carbonyl (C=O) groups excluding carboxylic acids is 2. The van der Waals surface area contributed by atoms with Crippen LogP contribution >= 0.6 is 0 Å². The number of amides is 2. The Morgan fingerprint density at radius 3 is 2.50 bits per heavy atom. The fourth-order valence-corrected chi connectivity index (χ4v) is 1.51. The second-order valence-electron chi connectivity index (χ2n) is 4.21. The van der Waals surface area contributed by atoms with Crippen molar-refractivity contribution < 1.29 is 23.5 Å². The molecule has 1 rings (SSSR count). The summed E-state index contributed by atoms with van der Waals surface area (Å²) in [5, 5.41) is 11.2. The molecule has 0 bridgehead atoms. The number of para-hydroxylation sites is 1. The molecule has 0 aliphatic rings. The molecule has 7 heteroatoms. The van der Waals surface area contributed by atoms with Gasteiger partial charge in [-0.3, -0.25) is 9.59 Å². The molecule has 0 aliphatic carbocycles. The van der Waals surface area contributed by atoms with Crippen LogP contribution in [-0.4, -0.2) is 43.0 Å². The van der Waals surface area contributed by atoms with Gasteiger partial charge in [0.05, 0.1) is 11.3 Å². The van der Waals surface area contributed by atoms with E-state index in [-0.39, 0.29) is 11.5 Å². The second kappa shape index (κ2) is 6.95. The smallest absolute Gasteiger partial charge is 0.265 e. The number of anilines is 1. The van der Waals surface area contributed by atoms with E-state index in [0.717, 1.165) is 0 Å². The maximum Gasteiger partial charge on any atom is 0.265 e. The third-order valence-electron chi connectivity index (χ3n) is 2.74. The molecular formula is C13H16F2N2O3. The third kappa shape index (κ3) is 3.99. The average Bonchev–Trinajstić information content (AvgIpc) is 2.43. The molecule has 1 aromatic carbocycles. The number of aliphatic hydroxyl groups excluding tert-OH is 1. The summed E-state index contributed by atoms with van der Waals surface area (Å²) < 4.78 is 24.3. The Morgan fingerprint density at radius 1 is 1.35 bits per heavy atom. The van der Waals surface area contributed by atoms with Gasteiger partial charge >= 0.3 is 0 Å². The van der Waals surface area contributed by atoms with Crippen molar-refractivity contribution in [2.45, 2.75) is 19.5 Å². The molecule has 1 atom stereocenters. The van der Waals surface area contributed by atoms with Crippen LogP contribution < -0.4 is 10.2 Å². The van der Waals surface area contributed by atoms with Crippen LogP contribution in [0.5, 0.6) is 0 Å². The molecule has 1 unspecified atom stereocenters. The zero-order chi connectivity index (χ0) is 15.3. The number of hydrogen-bond acceptors (Lipinski definition) is 3. The van der Waals surface area contributed by atoms with Crippen LogP contribution in [0.1, 0.15) is 17.3 Å². The zero-order valence-corrected chi connectivity index (χ0v) is 11.1. The monoisotopic (exact) mass is 286 g/mol. The molecule has 110 valence electrons. The van der Waals surface area contributed by atoms with Crippen molar-refractivity contribution in [3.05, 3.63) is 29.8 Å². The zero-order valence-electron chi connectivity index (χ0n) is 11.1. The van der Waals surface area contributed by atoms with Gasteiger partial charge in [-0.1, -0.05) is 12.1 Å². The number of rotatable bonds is 5. The lowest BCUT2D eigenvalue weighted by atomic mass is 10.1. The highest BCUT2D eigenvalue weighted by molar-refractivity contribution is 6.04. The summed E-state index contributed by atoms with van der Waals surface area (Å²) in [4.78, 5) is 24.5. The lowest BCUT2D eigenvalue weighted by Crippen LogP contribution is -2.36. The van der Waals surface area contributed by atoms with Crippen LogP contribution in [0.25, 0.3) is 0 Å². The number of benzene rings is 1. The Balaban J connectivity index is 2.86. The third-order valence-corrected chi connectivity index (χ3v) is 2.74. The highest BCUT2D eigenvalue weighted by Crippen LogP contribution is 2.19. The lowest BCUT2D eigenvalue weighted by Gasteiger charge is -2.19. The van der Waals surface area contributed by atoms with Crippen LogP contribution in [0, 0.1) is 0 Å². The van der Waals surface area contributed by atoms with Crippen molar-refractivity contribution in [2.75, 3.05) is 18.5 Å². The second-order valence-corrected chi connectivity index (χ2v) is 4.21. The molecular weight excluding hydrogens is 270 g/mol. The van der Waals surface area contributed by atoms with Gasteiger partial charge in [0.2, 0.25) is 5.91 Å². The topological polar surface area (TPSA) is 69.6 Å². The number of carbonyl (C=O) groups is 2. The molecule has 0 saturated carbocycles. The van der Waals surface area contributed by atoms with Gasteiger partial charge in [0, 0.05) is 20.5 Å². The molecule has 0 saturated heterocycles. The van der Waals surface area contributed by atoms with Gasteiger partial charge in [-0.2, -0.15) is 0 Å². The summed E-state index contributed by atoms with van der Waals surface area (Å²) in [7, 11) is 1.50. The van der Waals surface area contributed by atoms with Gasteiger partial charge in [0.1, 0.15) is 6.10 Å². The number of aliphatic hydroxyl groups is 1. The van der Waals surface area contributed by atoms with Gasteiger partial charge in [0.15, 0.2) is 0 Å². The van der Waals surface area contributed by atoms with E-state index < -0.39 is 25.0 Å². The summed E-state index contributed by atoms with van der Waals surface area (Å²) in [6, 6.07) is 6.29. The van der Waals surface area contributed by atoms with Crippen molar-refractivity contribution in [3.8, 4) is 0 Å². The normalized spacial score (nSPS) is 12.1. The highest BCUT2D eigenvalue weighted by atomic mass is 19.3. The van der Waals surface area contributed by atoms with Crippen LogP contribution in [0.3, 0.4) is 0 Å². The summed E-state index contributed by atoms with van der Waals surface area (Å²) >= 11 is 0. The minimum Gasteiger partial charge on any atom is -0.385 e. The van der Waals surface area contributed by atoms with Crippen molar-refractivity contribution >= 4 is 17.5 Å². The molecule has 0 spiro atoms. The Hall–Kier alpha value is -2.02. The number of nitrogens with one attached hydrogen (secondary N) is 1. The molecule has 0 fully saturated rings. The molecule has 20 heavy (non-hydrogen) atoms. The first-order valence-corrected chi connectivity index (χ1v) is 5.92. The summed E-state index contributed by atoms with van der Waals surface area (Å²) in [5.41, 5.74) is 0.538. The standard InChI is InChI=1S/C13H16F2N2O3/c1-8(18)17(2)10-6-4-3-5-9(10)13(20)16-7-11(19)12(14)15/h3-6,11-12,19H,7H2,1-2H3,(H,16,20). The Kier molecular flexibility index (Phi) is 5.57. The number of hydrogen-bond donors (Lipinski definition) is 2. The van der Waals surface area contributed by atoms with E-state index in [4.69, 9.17) is 5.11 Å². The van der Waals surface area contributed by atoms with Crippen LogP contribution in [0.2, 0.25) is 0 Å². The number of nitrogens with zero attached hydrogens (tertiary/aromatic N) is 1. The van der Waals surface area contributed by atoms with E-state index >= 15 is 0 Å². The first-order chi connectivity index (χ1) is 9.34. The Morgan fingerprint density at radius 2 is 1.95 bits per heavy atom. The molecule has 2 N–H and O–H groups in total. The van der Waals surface area contributed by atoms with Crippen LogP contribution in [-0.2, 0) is 4.79 Å². The van der Waals surface area contributed by atoms with E-state index in [1.54, 1.807) is 18.2 Å². The maximum absolute atomic E-state index is 12.1. The molecule has 1 aromatic rings. The van der Waals surface area contributed by atoms with E-state index in [0.29, 0.717) is 5.69 Å². The van der Waals surface area contributed by atoms with Crippen LogP contribution in [0.15, 0.2) is 24.3 Å². The van der Waals surface area contributed by atoms with Crippen molar-refractivity contribution in [1.29, 1.82) is 0 Å². The predicted octanol–water partition coefficient (Wildman–Crippen LogP) is 1.03. The fraction of sp³-hybridized carbons (Fsp3) is 0.385. The predicted molar refractivity (Wildman–Crippen MR) is 69.9 cm³/mol. The lowest BCUT2D eigenvalue weighted by molar-refractivity contribution is -0.116. The fourth-order valence-electron chi connectivity index (χ4n) is 1.51. The number of halogens is 2. The summed E-state index contributed by atoms with van der Waals surface area (Å²) in [5.74, 6) is -0.897. The molecule has 2 amide bonds. The molecule has 5 nitrogen and oxygen atoms in total. The molecule has 0 aromatic heterocycles. The van der Waals surface area contributed by atoms with E-state index in [9.17, 15) is 18.4 Å². The molecule has 0 heterocycles. The van der Waals surface area contributed by atoms with Crippen molar-refractivity contribution in [2.24, 2.45) is 0 Å². The quantitative estimate of drug-likeness (QED) is 0.849. The van der Waals surface area contributed by atoms with Gasteiger partial charge in [-0.25, -0.2) is 8.78 Å². The van der Waals surface area contributed by atoms with E-state index in [2.05, 4.69) is 5.32 Å². The van der Waals surface area contributed by atoms with E-state index in [1.165, 1.54) is 24.9 Å². The minimum absolute atomic E-state index is 0.173.